The molecule has 0 aliphatic rings. The lowest BCUT2D eigenvalue weighted by Gasteiger charge is -2.07. The second-order valence-electron chi connectivity index (χ2n) is 4.95. The normalized spacial score (nSPS) is 11.1. The number of halogens is 1. The first-order valence-corrected chi connectivity index (χ1v) is 8.27. The monoisotopic (exact) mass is 374 g/mol. The molecular weight excluding hydrogens is 356 g/mol. The van der Waals surface area contributed by atoms with Gasteiger partial charge in [-0.3, -0.25) is 4.79 Å². The Morgan fingerprint density at radius 2 is 1.83 bits per heavy atom. The minimum absolute atomic E-state index is 0.0701. The smallest absolute Gasteiger partial charge is 0.277 e. The highest BCUT2D eigenvalue weighted by atomic mass is 79.9. The summed E-state index contributed by atoms with van der Waals surface area (Å²) in [6.45, 7) is 2.01. The first-order valence-electron chi connectivity index (χ1n) is 7.48. The zero-order valence-electron chi connectivity index (χ0n) is 13.0. The molecule has 0 bridgehead atoms. The van der Waals surface area contributed by atoms with Gasteiger partial charge in [-0.25, -0.2) is 5.43 Å². The minimum Gasteiger partial charge on any atom is -0.484 e. The van der Waals surface area contributed by atoms with E-state index in [0.717, 1.165) is 28.6 Å². The van der Waals surface area contributed by atoms with Gasteiger partial charge >= 0.3 is 0 Å². The summed E-state index contributed by atoms with van der Waals surface area (Å²) >= 11 is 3.35. The molecule has 1 N–H and O–H groups in total. The molecule has 23 heavy (non-hydrogen) atoms. The summed E-state index contributed by atoms with van der Waals surface area (Å²) in [7, 11) is 0. The van der Waals surface area contributed by atoms with Crippen LogP contribution in [0.3, 0.4) is 0 Å². The zero-order chi connectivity index (χ0) is 16.5. The number of nitrogens with one attached hydrogen (secondary N) is 1. The molecule has 120 valence electrons. The van der Waals surface area contributed by atoms with Crippen molar-refractivity contribution in [3.63, 3.8) is 0 Å². The predicted octanol–water partition coefficient (Wildman–Crippen LogP) is 4.15. The standard InChI is InChI=1S/C18H19BrN2O2/c1-2-6-17(14-7-4-3-5-8-14)20-21-18(22)13-23-16-11-9-15(19)10-12-16/h3-5,7-12H,2,6,13H2,1H3,(H,21,22)/b20-17+. The van der Waals surface area contributed by atoms with Crippen molar-refractivity contribution >= 4 is 27.5 Å². The Morgan fingerprint density at radius 3 is 2.48 bits per heavy atom. The molecule has 0 aliphatic heterocycles. The molecule has 0 spiro atoms. The first-order chi connectivity index (χ1) is 11.2. The molecule has 0 unspecified atom stereocenters. The van der Waals surface area contributed by atoms with Crippen molar-refractivity contribution < 1.29 is 9.53 Å². The third-order valence-electron chi connectivity index (χ3n) is 3.09. The van der Waals surface area contributed by atoms with Gasteiger partial charge < -0.3 is 4.74 Å². The molecule has 2 rings (SSSR count). The zero-order valence-corrected chi connectivity index (χ0v) is 14.5. The van der Waals surface area contributed by atoms with Gasteiger partial charge in [0.2, 0.25) is 0 Å². The van der Waals surface area contributed by atoms with Crippen LogP contribution in [0.15, 0.2) is 64.2 Å². The van der Waals surface area contributed by atoms with E-state index in [1.54, 1.807) is 12.1 Å². The highest BCUT2D eigenvalue weighted by Gasteiger charge is 2.05. The molecule has 0 heterocycles. The molecule has 2 aromatic carbocycles. The van der Waals surface area contributed by atoms with E-state index in [9.17, 15) is 4.79 Å². The molecule has 5 heteroatoms. The van der Waals surface area contributed by atoms with Gasteiger partial charge in [0.25, 0.3) is 5.91 Å². The van der Waals surface area contributed by atoms with Crippen LogP contribution in [-0.2, 0) is 4.79 Å². The number of hydrazone groups is 1. The van der Waals surface area contributed by atoms with E-state index < -0.39 is 0 Å². The molecule has 0 aromatic heterocycles. The van der Waals surface area contributed by atoms with Crippen LogP contribution < -0.4 is 10.2 Å². The van der Waals surface area contributed by atoms with Crippen LogP contribution in [0.4, 0.5) is 0 Å². The number of carbonyl (C=O) groups is 1. The quantitative estimate of drug-likeness (QED) is 0.584. The van der Waals surface area contributed by atoms with Crippen LogP contribution in [0.1, 0.15) is 25.3 Å². The third kappa shape index (κ3) is 5.87. The highest BCUT2D eigenvalue weighted by molar-refractivity contribution is 9.10. The van der Waals surface area contributed by atoms with Crippen molar-refractivity contribution in [2.45, 2.75) is 19.8 Å². The molecule has 0 radical (unpaired) electrons. The molecule has 1 amide bonds. The number of hydrogen-bond acceptors (Lipinski definition) is 3. The Kier molecular flexibility index (Phi) is 6.81. The number of nitrogens with zero attached hydrogens (tertiary/aromatic N) is 1. The topological polar surface area (TPSA) is 50.7 Å². The second-order valence-corrected chi connectivity index (χ2v) is 5.87. The predicted molar refractivity (Wildman–Crippen MR) is 95.7 cm³/mol. The van der Waals surface area contributed by atoms with Gasteiger partial charge in [-0.05, 0) is 36.2 Å². The lowest BCUT2D eigenvalue weighted by molar-refractivity contribution is -0.123. The van der Waals surface area contributed by atoms with E-state index >= 15 is 0 Å². The Labute approximate surface area is 144 Å². The van der Waals surface area contributed by atoms with E-state index in [2.05, 4.69) is 33.4 Å². The lowest BCUT2D eigenvalue weighted by Crippen LogP contribution is -2.26. The molecule has 0 aliphatic carbocycles. The van der Waals surface area contributed by atoms with Crippen molar-refractivity contribution in [3.05, 3.63) is 64.6 Å². The van der Waals surface area contributed by atoms with Gasteiger partial charge in [-0.2, -0.15) is 5.10 Å². The summed E-state index contributed by atoms with van der Waals surface area (Å²) in [6.07, 6.45) is 1.76. The minimum atomic E-state index is -0.280. The Balaban J connectivity index is 1.91. The van der Waals surface area contributed by atoms with E-state index in [4.69, 9.17) is 4.74 Å². The van der Waals surface area contributed by atoms with Gasteiger partial charge in [0.1, 0.15) is 5.75 Å². The molecule has 0 saturated carbocycles. The van der Waals surface area contributed by atoms with Gasteiger partial charge in [0.15, 0.2) is 6.61 Å². The second kappa shape index (κ2) is 9.10. The first kappa shape index (κ1) is 17.2. The van der Waals surface area contributed by atoms with Crippen LogP contribution >= 0.6 is 15.9 Å². The van der Waals surface area contributed by atoms with Crippen molar-refractivity contribution in [3.8, 4) is 5.75 Å². The number of amides is 1. The fourth-order valence-corrected chi connectivity index (χ4v) is 2.24. The van der Waals surface area contributed by atoms with Crippen LogP contribution in [0.2, 0.25) is 0 Å². The fraction of sp³-hybridized carbons (Fsp3) is 0.222. The lowest BCUT2D eigenvalue weighted by atomic mass is 10.1. The summed E-state index contributed by atoms with van der Waals surface area (Å²) in [4.78, 5) is 11.9. The largest absolute Gasteiger partial charge is 0.484 e. The Morgan fingerprint density at radius 1 is 1.13 bits per heavy atom. The van der Waals surface area contributed by atoms with Gasteiger partial charge in [0, 0.05) is 4.47 Å². The molecule has 2 aromatic rings. The van der Waals surface area contributed by atoms with E-state index in [1.807, 2.05) is 42.5 Å². The molecule has 0 fully saturated rings. The number of benzene rings is 2. The SMILES string of the molecule is CCC/C(=N\NC(=O)COc1ccc(Br)cc1)c1ccccc1. The summed E-state index contributed by atoms with van der Waals surface area (Å²) in [5.74, 6) is 0.363. The van der Waals surface area contributed by atoms with Crippen molar-refractivity contribution in [1.29, 1.82) is 0 Å². The number of hydrogen-bond donors (Lipinski definition) is 1. The van der Waals surface area contributed by atoms with Crippen molar-refractivity contribution in [2.75, 3.05) is 6.61 Å². The van der Waals surface area contributed by atoms with Gasteiger partial charge in [0.05, 0.1) is 5.71 Å². The Hall–Kier alpha value is -2.14. The van der Waals surface area contributed by atoms with Crippen LogP contribution in [0.25, 0.3) is 0 Å². The van der Waals surface area contributed by atoms with Crippen molar-refractivity contribution in [1.82, 2.24) is 5.43 Å². The maximum absolute atomic E-state index is 11.9. The number of ether oxygens (including phenoxy) is 1. The summed E-state index contributed by atoms with van der Waals surface area (Å²) in [6, 6.07) is 17.2. The summed E-state index contributed by atoms with van der Waals surface area (Å²) < 4.78 is 6.38. The molecule has 0 atom stereocenters. The maximum Gasteiger partial charge on any atom is 0.277 e. The van der Waals surface area contributed by atoms with Gasteiger partial charge in [-0.1, -0.05) is 59.6 Å². The van der Waals surface area contributed by atoms with Crippen LogP contribution in [0.5, 0.6) is 5.75 Å². The Bertz CT molecular complexity index is 654. The third-order valence-corrected chi connectivity index (χ3v) is 3.62. The van der Waals surface area contributed by atoms with Crippen LogP contribution in [0, 0.1) is 0 Å². The van der Waals surface area contributed by atoms with Crippen molar-refractivity contribution in [2.24, 2.45) is 5.10 Å². The fourth-order valence-electron chi connectivity index (χ4n) is 1.97. The average molecular weight is 375 g/mol. The van der Waals surface area contributed by atoms with E-state index in [-0.39, 0.29) is 12.5 Å². The highest BCUT2D eigenvalue weighted by Crippen LogP contribution is 2.15. The molecule has 4 nitrogen and oxygen atoms in total. The number of rotatable bonds is 7. The van der Waals surface area contributed by atoms with E-state index in [0.29, 0.717) is 5.75 Å². The van der Waals surface area contributed by atoms with Gasteiger partial charge in [-0.15, -0.1) is 0 Å². The number of carbonyl (C=O) groups excluding carboxylic acids is 1. The molecule has 0 saturated heterocycles. The maximum atomic E-state index is 11.9. The average Bonchev–Trinajstić information content (AvgIpc) is 2.59. The summed E-state index contributed by atoms with van der Waals surface area (Å²) in [5.41, 5.74) is 4.45. The summed E-state index contributed by atoms with van der Waals surface area (Å²) in [5, 5.41) is 4.24. The van der Waals surface area contributed by atoms with Crippen LogP contribution in [-0.4, -0.2) is 18.2 Å². The molecular formula is C18H19BrN2O2. The van der Waals surface area contributed by atoms with E-state index in [1.165, 1.54) is 0 Å².